The van der Waals surface area contributed by atoms with Crippen LogP contribution in [0.15, 0.2) is 0 Å². The minimum absolute atomic E-state index is 0.0109. The minimum atomic E-state index is -0.896. The van der Waals surface area contributed by atoms with Gasteiger partial charge in [-0.25, -0.2) is 0 Å². The van der Waals surface area contributed by atoms with E-state index >= 15 is 0 Å². The average molecular weight is 300 g/mol. The molecular weight excluding hydrogens is 272 g/mol. The molecule has 0 aliphatic heterocycles. The first-order valence-electron chi connectivity index (χ1n) is 7.41. The molecule has 21 heavy (non-hydrogen) atoms. The third-order valence-corrected chi connectivity index (χ3v) is 3.10. The zero-order valence-corrected chi connectivity index (χ0v) is 13.6. The lowest BCUT2D eigenvalue weighted by Gasteiger charge is -2.35. The molecule has 0 heterocycles. The predicted octanol–water partition coefficient (Wildman–Crippen LogP) is 1.78. The summed E-state index contributed by atoms with van der Waals surface area (Å²) in [5, 5.41) is 11.5. The van der Waals surface area contributed by atoms with Crippen LogP contribution >= 0.6 is 0 Å². The fourth-order valence-corrected chi connectivity index (χ4v) is 2.02. The lowest BCUT2D eigenvalue weighted by molar-refractivity contribution is -0.140. The van der Waals surface area contributed by atoms with Crippen LogP contribution in [0.3, 0.4) is 0 Å². The van der Waals surface area contributed by atoms with Crippen LogP contribution in [0.4, 0.5) is 0 Å². The molecule has 0 unspecified atom stereocenters. The minimum Gasteiger partial charge on any atom is -0.481 e. The second-order valence-corrected chi connectivity index (χ2v) is 6.15. The van der Waals surface area contributed by atoms with E-state index in [-0.39, 0.29) is 30.3 Å². The van der Waals surface area contributed by atoms with Crippen LogP contribution in [0.1, 0.15) is 59.8 Å². The van der Waals surface area contributed by atoms with E-state index in [1.54, 1.807) is 4.90 Å². The Kier molecular flexibility index (Phi) is 8.66. The Morgan fingerprint density at radius 3 is 2.14 bits per heavy atom. The number of aliphatic carboxylic acids is 1. The molecule has 0 aliphatic carbocycles. The Balaban J connectivity index is 4.11. The van der Waals surface area contributed by atoms with Crippen molar-refractivity contribution in [3.63, 3.8) is 0 Å². The number of carboxylic acids is 1. The highest BCUT2D eigenvalue weighted by Crippen LogP contribution is 2.16. The highest BCUT2D eigenvalue weighted by atomic mass is 16.4. The molecule has 2 N–H and O–H groups in total. The monoisotopic (exact) mass is 300 g/mol. The second-order valence-electron chi connectivity index (χ2n) is 6.15. The van der Waals surface area contributed by atoms with E-state index < -0.39 is 5.97 Å². The van der Waals surface area contributed by atoms with E-state index in [2.05, 4.69) is 5.32 Å². The van der Waals surface area contributed by atoms with Gasteiger partial charge in [0.1, 0.15) is 0 Å². The number of rotatable bonds is 9. The summed E-state index contributed by atoms with van der Waals surface area (Å²) in [7, 11) is 0. The van der Waals surface area contributed by atoms with E-state index in [9.17, 15) is 14.4 Å². The molecule has 122 valence electrons. The third kappa shape index (κ3) is 9.87. The molecule has 0 saturated heterocycles. The summed E-state index contributed by atoms with van der Waals surface area (Å²) in [6.45, 7) is 8.07. The summed E-state index contributed by atoms with van der Waals surface area (Å²) < 4.78 is 0. The largest absolute Gasteiger partial charge is 0.481 e. The molecule has 0 aliphatic rings. The summed E-state index contributed by atoms with van der Waals surface area (Å²) in [5.41, 5.74) is -0.372. The summed E-state index contributed by atoms with van der Waals surface area (Å²) in [4.78, 5) is 35.2. The number of carbonyl (C=O) groups is 3. The maximum Gasteiger partial charge on any atom is 0.305 e. The van der Waals surface area contributed by atoms with Crippen LogP contribution in [0.5, 0.6) is 0 Å². The van der Waals surface area contributed by atoms with Crippen molar-refractivity contribution >= 4 is 17.8 Å². The molecule has 0 saturated carbocycles. The van der Waals surface area contributed by atoms with Gasteiger partial charge in [-0.2, -0.15) is 0 Å². The maximum absolute atomic E-state index is 12.2. The fourth-order valence-electron chi connectivity index (χ4n) is 2.02. The Labute approximate surface area is 126 Å². The average Bonchev–Trinajstić information content (AvgIpc) is 2.31. The molecule has 0 aromatic heterocycles. The van der Waals surface area contributed by atoms with E-state index in [1.807, 2.05) is 20.8 Å². The fraction of sp³-hybridized carbons (Fsp3) is 0.800. The number of hydrogen-bond acceptors (Lipinski definition) is 3. The molecule has 6 heteroatoms. The normalized spacial score (nSPS) is 11.0. The SMILES string of the molecule is CC(=O)NCCCCCC(=O)N(CCC(=O)O)C(C)(C)C. The van der Waals surface area contributed by atoms with Crippen molar-refractivity contribution in [2.45, 2.75) is 65.3 Å². The Morgan fingerprint density at radius 2 is 1.67 bits per heavy atom. The highest BCUT2D eigenvalue weighted by Gasteiger charge is 2.26. The lowest BCUT2D eigenvalue weighted by Crippen LogP contribution is -2.46. The third-order valence-electron chi connectivity index (χ3n) is 3.10. The number of carboxylic acid groups (broad SMARTS) is 1. The van der Waals surface area contributed by atoms with Crippen molar-refractivity contribution < 1.29 is 19.5 Å². The van der Waals surface area contributed by atoms with Crippen LogP contribution in [0.25, 0.3) is 0 Å². The van der Waals surface area contributed by atoms with Crippen LogP contribution in [0.2, 0.25) is 0 Å². The van der Waals surface area contributed by atoms with Gasteiger partial charge in [0.05, 0.1) is 6.42 Å². The van der Waals surface area contributed by atoms with Crippen molar-refractivity contribution in [2.24, 2.45) is 0 Å². The van der Waals surface area contributed by atoms with Gasteiger partial charge in [0, 0.05) is 32.0 Å². The smallest absolute Gasteiger partial charge is 0.305 e. The Bertz CT molecular complexity index is 361. The molecule has 0 aromatic rings. The maximum atomic E-state index is 12.2. The molecule has 0 fully saturated rings. The molecule has 0 bridgehead atoms. The number of unbranched alkanes of at least 4 members (excludes halogenated alkanes) is 2. The first kappa shape index (κ1) is 19.4. The first-order chi connectivity index (χ1) is 9.64. The van der Waals surface area contributed by atoms with Gasteiger partial charge in [-0.15, -0.1) is 0 Å². The molecule has 0 atom stereocenters. The summed E-state index contributed by atoms with van der Waals surface area (Å²) in [6.07, 6.45) is 2.83. The Hall–Kier alpha value is -1.59. The van der Waals surface area contributed by atoms with Crippen LogP contribution < -0.4 is 5.32 Å². The lowest BCUT2D eigenvalue weighted by atomic mass is 10.0. The van der Waals surface area contributed by atoms with E-state index in [0.717, 1.165) is 19.3 Å². The van der Waals surface area contributed by atoms with Crippen molar-refractivity contribution in [2.75, 3.05) is 13.1 Å². The van der Waals surface area contributed by atoms with Gasteiger partial charge >= 0.3 is 5.97 Å². The molecule has 0 radical (unpaired) electrons. The van der Waals surface area contributed by atoms with Gasteiger partial charge < -0.3 is 15.3 Å². The zero-order valence-electron chi connectivity index (χ0n) is 13.6. The molecule has 0 rings (SSSR count). The van der Waals surface area contributed by atoms with Gasteiger partial charge in [-0.05, 0) is 33.6 Å². The summed E-state index contributed by atoms with van der Waals surface area (Å²) in [5.74, 6) is -0.950. The number of nitrogens with zero attached hydrogens (tertiary/aromatic N) is 1. The van der Waals surface area contributed by atoms with E-state index in [1.165, 1.54) is 6.92 Å². The predicted molar refractivity (Wildman–Crippen MR) is 80.9 cm³/mol. The number of nitrogens with one attached hydrogen (secondary N) is 1. The standard InChI is InChI=1S/C15H28N2O4/c1-12(18)16-10-7-5-6-8-13(19)17(15(2,3)4)11-9-14(20)21/h5-11H2,1-4H3,(H,16,18)(H,20,21). The molecule has 0 spiro atoms. The number of carbonyl (C=O) groups excluding carboxylic acids is 2. The van der Waals surface area contributed by atoms with E-state index in [0.29, 0.717) is 13.0 Å². The summed E-state index contributed by atoms with van der Waals surface area (Å²) in [6, 6.07) is 0. The zero-order chi connectivity index (χ0) is 16.5. The van der Waals surface area contributed by atoms with Gasteiger partial charge in [0.15, 0.2) is 0 Å². The molecule has 6 nitrogen and oxygen atoms in total. The number of hydrogen-bond donors (Lipinski definition) is 2. The molecule has 2 amide bonds. The summed E-state index contributed by atoms with van der Waals surface area (Å²) >= 11 is 0. The highest BCUT2D eigenvalue weighted by molar-refractivity contribution is 5.77. The van der Waals surface area contributed by atoms with Crippen molar-refractivity contribution in [3.8, 4) is 0 Å². The van der Waals surface area contributed by atoms with E-state index in [4.69, 9.17) is 5.11 Å². The van der Waals surface area contributed by atoms with Crippen molar-refractivity contribution in [1.29, 1.82) is 0 Å². The van der Waals surface area contributed by atoms with Crippen molar-refractivity contribution in [1.82, 2.24) is 10.2 Å². The number of amides is 2. The second kappa shape index (κ2) is 9.37. The quantitative estimate of drug-likeness (QED) is 0.636. The van der Waals surface area contributed by atoms with Gasteiger partial charge in [0.25, 0.3) is 0 Å². The molecule has 0 aromatic carbocycles. The Morgan fingerprint density at radius 1 is 1.05 bits per heavy atom. The van der Waals surface area contributed by atoms with Gasteiger partial charge in [-0.3, -0.25) is 14.4 Å². The van der Waals surface area contributed by atoms with Crippen LogP contribution in [-0.4, -0.2) is 46.4 Å². The topological polar surface area (TPSA) is 86.7 Å². The molecular formula is C15H28N2O4. The van der Waals surface area contributed by atoms with Gasteiger partial charge in [0.2, 0.25) is 11.8 Å². The van der Waals surface area contributed by atoms with Crippen molar-refractivity contribution in [3.05, 3.63) is 0 Å². The first-order valence-corrected chi connectivity index (χ1v) is 7.41. The van der Waals surface area contributed by atoms with Crippen LogP contribution in [0, 0.1) is 0 Å². The van der Waals surface area contributed by atoms with Gasteiger partial charge in [-0.1, -0.05) is 6.42 Å². The van der Waals surface area contributed by atoms with Crippen LogP contribution in [-0.2, 0) is 14.4 Å².